The molecule has 5 saturated carbocycles. The fourth-order valence-electron chi connectivity index (χ4n) is 14.6. The Balaban J connectivity index is 0.000000145. The summed E-state index contributed by atoms with van der Waals surface area (Å²) in [6.45, 7) is 15.1. The van der Waals surface area contributed by atoms with Gasteiger partial charge in [-0.05, 0) is 170 Å². The van der Waals surface area contributed by atoms with E-state index in [0.29, 0.717) is 27.4 Å². The predicted octanol–water partition coefficient (Wildman–Crippen LogP) is 11.7. The van der Waals surface area contributed by atoms with Crippen LogP contribution in [0.1, 0.15) is 151 Å². The summed E-state index contributed by atoms with van der Waals surface area (Å²) in [6.07, 6.45) is 29.7. The summed E-state index contributed by atoms with van der Waals surface area (Å²) in [6, 6.07) is 0. The van der Waals surface area contributed by atoms with Gasteiger partial charge >= 0.3 is 0 Å². The molecule has 250 valence electrons. The third-order valence-corrected chi connectivity index (χ3v) is 17.3. The van der Waals surface area contributed by atoms with Crippen molar-refractivity contribution in [2.45, 2.75) is 151 Å². The number of methoxy groups -OCH3 is 1. The molecule has 12 atom stereocenters. The molecule has 0 heterocycles. The number of fused-ring (bicyclic) bond motifs is 10. The average molecular weight is 615 g/mol. The van der Waals surface area contributed by atoms with Crippen LogP contribution in [0.5, 0.6) is 0 Å². The van der Waals surface area contributed by atoms with Gasteiger partial charge in [0.05, 0.1) is 12.9 Å². The molecule has 0 aromatic heterocycles. The second-order valence-corrected chi connectivity index (χ2v) is 18.4. The van der Waals surface area contributed by atoms with Crippen molar-refractivity contribution in [2.24, 2.45) is 69.0 Å². The van der Waals surface area contributed by atoms with Gasteiger partial charge < -0.3 is 4.74 Å². The summed E-state index contributed by atoms with van der Waals surface area (Å²) in [7, 11) is 1.83. The van der Waals surface area contributed by atoms with Crippen LogP contribution in [-0.4, -0.2) is 12.9 Å². The van der Waals surface area contributed by atoms with Crippen molar-refractivity contribution in [2.75, 3.05) is 7.11 Å². The summed E-state index contributed by atoms with van der Waals surface area (Å²) in [5, 5.41) is 0. The van der Waals surface area contributed by atoms with Gasteiger partial charge in [-0.2, -0.15) is 0 Å². The highest BCUT2D eigenvalue weighted by Crippen LogP contribution is 2.68. The Bertz CT molecular complexity index is 1250. The highest BCUT2D eigenvalue weighted by molar-refractivity contribution is 5.91. The molecule has 0 saturated heterocycles. The maximum Gasteiger partial charge on any atom is 0.155 e. The summed E-state index contributed by atoms with van der Waals surface area (Å²) in [5.41, 5.74) is 5.13. The molecule has 0 bridgehead atoms. The quantitative estimate of drug-likeness (QED) is 0.316. The van der Waals surface area contributed by atoms with E-state index in [4.69, 9.17) is 4.74 Å². The van der Waals surface area contributed by atoms with E-state index in [1.165, 1.54) is 101 Å². The lowest BCUT2D eigenvalue weighted by Gasteiger charge is -2.58. The van der Waals surface area contributed by atoms with Gasteiger partial charge in [-0.25, -0.2) is 0 Å². The van der Waals surface area contributed by atoms with E-state index >= 15 is 0 Å². The highest BCUT2D eigenvalue weighted by atomic mass is 16.5. The Kier molecular flexibility index (Phi) is 8.37. The number of rotatable bonds is 3. The molecule has 5 fully saturated rings. The van der Waals surface area contributed by atoms with Crippen LogP contribution >= 0.6 is 0 Å². The Morgan fingerprint density at radius 3 is 1.89 bits per heavy atom. The molecular weight excluding hydrogens is 548 g/mol. The monoisotopic (exact) mass is 615 g/mol. The lowest BCUT2D eigenvalue weighted by Crippen LogP contribution is -2.50. The topological polar surface area (TPSA) is 26.3 Å². The summed E-state index contributed by atoms with van der Waals surface area (Å²) < 4.78 is 5.56. The van der Waals surface area contributed by atoms with Crippen LogP contribution in [0.3, 0.4) is 0 Å². The molecule has 2 heteroatoms. The number of carbonyl (C=O) groups is 1. The zero-order chi connectivity index (χ0) is 31.8. The molecule has 0 radical (unpaired) electrons. The van der Waals surface area contributed by atoms with E-state index < -0.39 is 0 Å². The predicted molar refractivity (Wildman–Crippen MR) is 186 cm³/mol. The summed E-state index contributed by atoms with van der Waals surface area (Å²) >= 11 is 0. The molecule has 0 N–H and O–H groups in total. The molecule has 8 rings (SSSR count). The Hall–Kier alpha value is -1.31. The van der Waals surface area contributed by atoms with Crippen LogP contribution in [0.15, 0.2) is 35.1 Å². The summed E-state index contributed by atoms with van der Waals surface area (Å²) in [4.78, 5) is 11.9. The fourth-order valence-corrected chi connectivity index (χ4v) is 14.6. The molecule has 0 spiro atoms. The number of ether oxygens (including phenoxy) is 1. The van der Waals surface area contributed by atoms with Gasteiger partial charge in [0, 0.05) is 12.8 Å². The van der Waals surface area contributed by atoms with E-state index in [-0.39, 0.29) is 0 Å². The number of allylic oxidation sites excluding steroid dienone is 5. The number of ketones is 1. The van der Waals surface area contributed by atoms with Crippen molar-refractivity contribution in [3.63, 3.8) is 0 Å². The van der Waals surface area contributed by atoms with E-state index in [9.17, 15) is 4.79 Å². The molecule has 45 heavy (non-hydrogen) atoms. The molecule has 6 unspecified atom stereocenters. The van der Waals surface area contributed by atoms with E-state index in [1.807, 2.05) is 13.2 Å². The van der Waals surface area contributed by atoms with Crippen LogP contribution in [0, 0.1) is 69.0 Å². The first-order chi connectivity index (χ1) is 21.5. The largest absolute Gasteiger partial charge is 0.501 e. The zero-order valence-corrected chi connectivity index (χ0v) is 30.2. The van der Waals surface area contributed by atoms with Crippen molar-refractivity contribution < 1.29 is 9.53 Å². The van der Waals surface area contributed by atoms with Crippen molar-refractivity contribution >= 4 is 5.78 Å². The fraction of sp³-hybridized carbons (Fsp3) is 0.837. The smallest absolute Gasteiger partial charge is 0.155 e. The average Bonchev–Trinajstić information content (AvgIpc) is 3.57. The first-order valence-corrected chi connectivity index (χ1v) is 19.7. The van der Waals surface area contributed by atoms with Crippen LogP contribution in [0.25, 0.3) is 0 Å². The zero-order valence-electron chi connectivity index (χ0n) is 30.2. The Morgan fingerprint density at radius 1 is 0.667 bits per heavy atom. The molecule has 2 nitrogen and oxygen atoms in total. The van der Waals surface area contributed by atoms with E-state index in [2.05, 4.69) is 53.7 Å². The molecule has 0 aromatic carbocycles. The van der Waals surface area contributed by atoms with Gasteiger partial charge in [-0.3, -0.25) is 4.79 Å². The SMILES string of the molecule is CC[C@H]1CCC2C3CC=C4C=C(OC)CC[C@]4(C)C3CC[C@@]21C.CC[C@H]1CCC2C3CCC4=CC(=O)CC[C@]4(C)C3CC[C@@]21C. The standard InChI is InChI=1S/C22H34O.C21H32O/c1-5-15-7-9-19-18-8-6-16-14-17(23-4)10-12-22(16,3)20(18)11-13-21(15,19)2;1-4-14-6-8-18-17-7-5-15-13-16(22)9-11-21(15,3)19(17)10-12-20(14,18)2/h6,14-15,18-20H,5,7-13H2,1-4H3;13-14,17-19H,4-12H2,1-3H3/t15-,18?,19?,20?,21+,22-;14-,17?,18?,19?,20+,21-/m00/s1. The minimum Gasteiger partial charge on any atom is -0.501 e. The minimum absolute atomic E-state index is 0.350. The first-order valence-electron chi connectivity index (χ1n) is 19.7. The molecule has 8 aliphatic carbocycles. The second kappa shape index (κ2) is 11.7. The van der Waals surface area contributed by atoms with Gasteiger partial charge in [0.2, 0.25) is 0 Å². The van der Waals surface area contributed by atoms with Crippen molar-refractivity contribution in [1.29, 1.82) is 0 Å². The van der Waals surface area contributed by atoms with Crippen LogP contribution in [0.4, 0.5) is 0 Å². The lowest BCUT2D eigenvalue weighted by atomic mass is 9.47. The number of carbonyl (C=O) groups excluding carboxylic acids is 1. The first kappa shape index (κ1) is 32.2. The van der Waals surface area contributed by atoms with Crippen molar-refractivity contribution in [1.82, 2.24) is 0 Å². The van der Waals surface area contributed by atoms with E-state index in [0.717, 1.165) is 66.6 Å². The van der Waals surface area contributed by atoms with Crippen LogP contribution in [0.2, 0.25) is 0 Å². The van der Waals surface area contributed by atoms with Gasteiger partial charge in [-0.15, -0.1) is 0 Å². The van der Waals surface area contributed by atoms with Gasteiger partial charge in [0.25, 0.3) is 0 Å². The highest BCUT2D eigenvalue weighted by Gasteiger charge is 2.59. The summed E-state index contributed by atoms with van der Waals surface area (Å²) in [5.74, 6) is 9.12. The second-order valence-electron chi connectivity index (χ2n) is 18.4. The molecule has 0 aliphatic heterocycles. The lowest BCUT2D eigenvalue weighted by molar-refractivity contribution is -0.117. The molecule has 0 amide bonds. The molecular formula is C43H66O2. The normalized spacial score (nSPS) is 49.8. The van der Waals surface area contributed by atoms with Crippen molar-refractivity contribution in [3.05, 3.63) is 35.1 Å². The van der Waals surface area contributed by atoms with Gasteiger partial charge in [0.1, 0.15) is 0 Å². The maximum atomic E-state index is 11.9. The van der Waals surface area contributed by atoms with E-state index in [1.54, 1.807) is 5.57 Å². The molecule has 8 aliphatic rings. The maximum absolute atomic E-state index is 11.9. The van der Waals surface area contributed by atoms with Crippen LogP contribution in [-0.2, 0) is 9.53 Å². The molecule has 0 aromatic rings. The Labute approximate surface area is 276 Å². The van der Waals surface area contributed by atoms with Crippen LogP contribution < -0.4 is 0 Å². The number of hydrogen-bond donors (Lipinski definition) is 0. The van der Waals surface area contributed by atoms with Gasteiger partial charge in [0.15, 0.2) is 5.78 Å². The van der Waals surface area contributed by atoms with Gasteiger partial charge in [-0.1, -0.05) is 66.0 Å². The third kappa shape index (κ3) is 4.85. The van der Waals surface area contributed by atoms with Crippen molar-refractivity contribution in [3.8, 4) is 0 Å². The number of hydrogen-bond acceptors (Lipinski definition) is 2. The third-order valence-electron chi connectivity index (χ3n) is 17.3. The Morgan fingerprint density at radius 2 is 1.27 bits per heavy atom. The minimum atomic E-state index is 0.350.